The lowest BCUT2D eigenvalue weighted by molar-refractivity contribution is 0.296. The van der Waals surface area contributed by atoms with Gasteiger partial charge in [-0.25, -0.2) is 0 Å². The molecule has 2 heteroatoms. The molecule has 2 rings (SSSR count). The molecular formula is C17H21OP. The van der Waals surface area contributed by atoms with Gasteiger partial charge in [0, 0.05) is 6.61 Å². The molecule has 0 aliphatic carbocycles. The van der Waals surface area contributed by atoms with Crippen LogP contribution in [0.4, 0.5) is 0 Å². The average molecular weight is 272 g/mol. The first kappa shape index (κ1) is 14.2. The van der Waals surface area contributed by atoms with Crippen LogP contribution in [0.15, 0.2) is 48.5 Å². The van der Waals surface area contributed by atoms with Gasteiger partial charge in [-0.3, -0.25) is 0 Å². The van der Waals surface area contributed by atoms with Gasteiger partial charge in [-0.15, -0.1) is 0 Å². The lowest BCUT2D eigenvalue weighted by Gasteiger charge is -2.18. The Bertz CT molecular complexity index is 456. The van der Waals surface area contributed by atoms with Crippen molar-refractivity contribution < 1.29 is 5.11 Å². The van der Waals surface area contributed by atoms with Crippen LogP contribution in [0.3, 0.4) is 0 Å². The normalized spacial score (nSPS) is 10.9. The maximum Gasteiger partial charge on any atom is 0.0434 e. The number of aryl methyl sites for hydroxylation is 2. The molecule has 0 saturated carbocycles. The van der Waals surface area contributed by atoms with E-state index in [1.54, 1.807) is 0 Å². The monoisotopic (exact) mass is 272 g/mol. The van der Waals surface area contributed by atoms with Gasteiger partial charge < -0.3 is 5.11 Å². The van der Waals surface area contributed by atoms with E-state index in [2.05, 4.69) is 62.4 Å². The van der Waals surface area contributed by atoms with Gasteiger partial charge in [0.2, 0.25) is 0 Å². The quantitative estimate of drug-likeness (QED) is 0.829. The minimum Gasteiger partial charge on any atom is -0.396 e. The molecule has 1 nitrogen and oxygen atoms in total. The van der Waals surface area contributed by atoms with Gasteiger partial charge in [-0.1, -0.05) is 59.7 Å². The highest BCUT2D eigenvalue weighted by Crippen LogP contribution is 2.34. The summed E-state index contributed by atoms with van der Waals surface area (Å²) in [6.07, 6.45) is 1.92. The first-order chi connectivity index (χ1) is 9.20. The van der Waals surface area contributed by atoms with Gasteiger partial charge >= 0.3 is 0 Å². The van der Waals surface area contributed by atoms with Crippen LogP contribution >= 0.6 is 7.92 Å². The van der Waals surface area contributed by atoms with Crippen LogP contribution in [0, 0.1) is 13.8 Å². The number of aliphatic hydroxyl groups excluding tert-OH is 1. The molecular weight excluding hydrogens is 251 g/mol. The van der Waals surface area contributed by atoms with Gasteiger partial charge in [0.1, 0.15) is 0 Å². The predicted molar refractivity (Wildman–Crippen MR) is 85.1 cm³/mol. The molecule has 0 bridgehead atoms. The second kappa shape index (κ2) is 6.84. The molecule has 0 aromatic heterocycles. The molecule has 0 unspecified atom stereocenters. The molecule has 19 heavy (non-hydrogen) atoms. The first-order valence-electron chi connectivity index (χ1n) is 6.72. The Labute approximate surface area is 117 Å². The molecule has 0 atom stereocenters. The summed E-state index contributed by atoms with van der Waals surface area (Å²) in [6, 6.07) is 17.7. The molecule has 1 N–H and O–H groups in total. The van der Waals surface area contributed by atoms with Crippen LogP contribution in [0.5, 0.6) is 0 Å². The maximum absolute atomic E-state index is 9.11. The summed E-state index contributed by atoms with van der Waals surface area (Å²) in [5, 5.41) is 11.9. The highest BCUT2D eigenvalue weighted by molar-refractivity contribution is 7.73. The fraction of sp³-hybridized carbons (Fsp3) is 0.294. The Morgan fingerprint density at radius 2 is 1.21 bits per heavy atom. The third-order valence-corrected chi connectivity index (χ3v) is 5.84. The summed E-state index contributed by atoms with van der Waals surface area (Å²) in [4.78, 5) is 0. The van der Waals surface area contributed by atoms with E-state index in [9.17, 15) is 0 Å². The Balaban J connectivity index is 2.29. The fourth-order valence-electron chi connectivity index (χ4n) is 2.09. The molecule has 0 saturated heterocycles. The van der Waals surface area contributed by atoms with Crippen LogP contribution in [0.1, 0.15) is 17.5 Å². The number of benzene rings is 2. The Morgan fingerprint density at radius 3 is 1.58 bits per heavy atom. The van der Waals surface area contributed by atoms with Crippen molar-refractivity contribution in [1.29, 1.82) is 0 Å². The van der Waals surface area contributed by atoms with Crippen molar-refractivity contribution in [3.63, 3.8) is 0 Å². The topological polar surface area (TPSA) is 20.2 Å². The van der Waals surface area contributed by atoms with Crippen LogP contribution in [0.25, 0.3) is 0 Å². The molecule has 0 spiro atoms. The van der Waals surface area contributed by atoms with Gasteiger partial charge in [0.05, 0.1) is 0 Å². The van der Waals surface area contributed by atoms with E-state index in [0.717, 1.165) is 12.6 Å². The fourth-order valence-corrected chi connectivity index (χ4v) is 4.38. The first-order valence-corrected chi connectivity index (χ1v) is 8.25. The number of hydrogen-bond donors (Lipinski definition) is 1. The third kappa shape index (κ3) is 3.89. The van der Waals surface area contributed by atoms with Crippen molar-refractivity contribution in [1.82, 2.24) is 0 Å². The van der Waals surface area contributed by atoms with E-state index in [-0.39, 0.29) is 14.5 Å². The van der Waals surface area contributed by atoms with Crippen LogP contribution < -0.4 is 10.6 Å². The molecule has 100 valence electrons. The predicted octanol–water partition coefficient (Wildman–Crippen LogP) is 3.12. The summed E-state index contributed by atoms with van der Waals surface area (Å²) in [5.41, 5.74) is 2.59. The Hall–Kier alpha value is -1.17. The van der Waals surface area contributed by atoms with E-state index < -0.39 is 0 Å². The van der Waals surface area contributed by atoms with Gasteiger partial charge in [0.25, 0.3) is 0 Å². The second-order valence-electron chi connectivity index (χ2n) is 4.90. The molecule has 0 amide bonds. The second-order valence-corrected chi connectivity index (χ2v) is 7.24. The molecule has 0 radical (unpaired) electrons. The van der Waals surface area contributed by atoms with Crippen molar-refractivity contribution in [2.45, 2.75) is 20.3 Å². The summed E-state index contributed by atoms with van der Waals surface area (Å²) in [6.45, 7) is 4.51. The minimum absolute atomic E-state index is 0.274. The van der Waals surface area contributed by atoms with E-state index in [1.165, 1.54) is 21.7 Å². The van der Waals surface area contributed by atoms with E-state index in [1.807, 2.05) is 0 Å². The maximum atomic E-state index is 9.11. The van der Waals surface area contributed by atoms with Crippen molar-refractivity contribution in [3.8, 4) is 0 Å². The SMILES string of the molecule is Cc1ccc(P(CCCO)c2ccc(C)cc2)cc1. The largest absolute Gasteiger partial charge is 0.396 e. The zero-order valence-corrected chi connectivity index (χ0v) is 12.5. The molecule has 0 aliphatic rings. The Morgan fingerprint density at radius 1 is 0.789 bits per heavy atom. The van der Waals surface area contributed by atoms with Crippen LogP contribution in [-0.4, -0.2) is 17.9 Å². The Kier molecular flexibility index (Phi) is 5.13. The van der Waals surface area contributed by atoms with Crippen LogP contribution in [0.2, 0.25) is 0 Å². The molecule has 0 heterocycles. The molecule has 2 aromatic rings. The summed E-state index contributed by atoms with van der Waals surface area (Å²) in [7, 11) is -0.342. The molecule has 0 fully saturated rings. The number of aliphatic hydroxyl groups is 1. The number of rotatable bonds is 5. The molecule has 2 aromatic carbocycles. The summed E-state index contributed by atoms with van der Waals surface area (Å²) < 4.78 is 0. The van der Waals surface area contributed by atoms with Gasteiger partial charge in [-0.2, -0.15) is 0 Å². The van der Waals surface area contributed by atoms with E-state index in [0.29, 0.717) is 0 Å². The minimum atomic E-state index is -0.342. The van der Waals surface area contributed by atoms with Crippen LogP contribution in [-0.2, 0) is 0 Å². The highest BCUT2D eigenvalue weighted by atomic mass is 31.1. The van der Waals surface area contributed by atoms with Crippen molar-refractivity contribution in [3.05, 3.63) is 59.7 Å². The lowest BCUT2D eigenvalue weighted by Crippen LogP contribution is -2.14. The standard InChI is InChI=1S/C17H21OP/c1-14-4-8-16(9-5-14)19(13-3-12-18)17-10-6-15(2)7-11-17/h4-11,18H,3,12-13H2,1-2H3. The van der Waals surface area contributed by atoms with Gasteiger partial charge in [0.15, 0.2) is 0 Å². The summed E-state index contributed by atoms with van der Waals surface area (Å²) in [5.74, 6) is 0. The third-order valence-electron chi connectivity index (χ3n) is 3.23. The van der Waals surface area contributed by atoms with Gasteiger partial charge in [-0.05, 0) is 45.0 Å². The van der Waals surface area contributed by atoms with Crippen molar-refractivity contribution >= 4 is 18.5 Å². The van der Waals surface area contributed by atoms with E-state index in [4.69, 9.17) is 5.11 Å². The van der Waals surface area contributed by atoms with Crippen molar-refractivity contribution in [2.75, 3.05) is 12.8 Å². The zero-order valence-electron chi connectivity index (χ0n) is 11.6. The average Bonchev–Trinajstić information content (AvgIpc) is 2.43. The summed E-state index contributed by atoms with van der Waals surface area (Å²) >= 11 is 0. The highest BCUT2D eigenvalue weighted by Gasteiger charge is 2.12. The number of hydrogen-bond acceptors (Lipinski definition) is 1. The zero-order chi connectivity index (χ0) is 13.7. The smallest absolute Gasteiger partial charge is 0.0434 e. The lowest BCUT2D eigenvalue weighted by atomic mass is 10.2. The molecule has 0 aliphatic heterocycles. The van der Waals surface area contributed by atoms with E-state index >= 15 is 0 Å². The van der Waals surface area contributed by atoms with Crippen molar-refractivity contribution in [2.24, 2.45) is 0 Å².